The molecule has 4 rings (SSSR count). The van der Waals surface area contributed by atoms with Gasteiger partial charge in [-0.1, -0.05) is 30.3 Å². The molecule has 3 aromatic rings. The number of aromatic nitrogens is 2. The van der Waals surface area contributed by atoms with Crippen molar-refractivity contribution in [2.75, 3.05) is 16.9 Å². The van der Waals surface area contributed by atoms with E-state index in [9.17, 15) is 13.2 Å². The Bertz CT molecular complexity index is 1330. The van der Waals surface area contributed by atoms with Gasteiger partial charge in [-0.05, 0) is 42.3 Å². The van der Waals surface area contributed by atoms with E-state index in [1.165, 1.54) is 12.1 Å². The van der Waals surface area contributed by atoms with E-state index in [2.05, 4.69) is 25.6 Å². The molecule has 0 saturated heterocycles. The maximum Gasteiger partial charge on any atom is 0.228 e. The van der Waals surface area contributed by atoms with Gasteiger partial charge >= 0.3 is 0 Å². The van der Waals surface area contributed by atoms with Crippen molar-refractivity contribution in [3.63, 3.8) is 0 Å². The molecule has 1 unspecified atom stereocenters. The fourth-order valence-electron chi connectivity index (χ4n) is 3.30. The van der Waals surface area contributed by atoms with Crippen LogP contribution in [0.2, 0.25) is 0 Å². The van der Waals surface area contributed by atoms with Gasteiger partial charge in [-0.15, -0.1) is 0 Å². The van der Waals surface area contributed by atoms with Crippen molar-refractivity contribution < 1.29 is 13.2 Å². The third-order valence-corrected chi connectivity index (χ3v) is 6.09. The smallest absolute Gasteiger partial charge is 0.228 e. The Morgan fingerprint density at radius 2 is 1.76 bits per heavy atom. The molecular weight excluding hydrogens is 438 g/mol. The first-order chi connectivity index (χ1) is 15.8. The lowest BCUT2D eigenvalue weighted by Crippen LogP contribution is -2.14. The molecule has 0 bridgehead atoms. The molecule has 1 aromatic heterocycles. The minimum atomic E-state index is -3.34. The van der Waals surface area contributed by atoms with E-state index in [0.717, 1.165) is 28.6 Å². The van der Waals surface area contributed by atoms with Gasteiger partial charge in [-0.25, -0.2) is 18.4 Å². The largest absolute Gasteiger partial charge is 0.326 e. The van der Waals surface area contributed by atoms with Crippen molar-refractivity contribution in [3.05, 3.63) is 78.3 Å². The molecule has 168 valence electrons. The first kappa shape index (κ1) is 22.3. The molecule has 1 aliphatic heterocycles. The van der Waals surface area contributed by atoms with Gasteiger partial charge in [0.25, 0.3) is 0 Å². The molecular formula is C24H23N5O3S. The van der Waals surface area contributed by atoms with E-state index in [1.807, 2.05) is 37.3 Å². The van der Waals surface area contributed by atoms with Gasteiger partial charge in [-0.2, -0.15) is 0 Å². The molecule has 0 saturated carbocycles. The van der Waals surface area contributed by atoms with Crippen LogP contribution in [0.3, 0.4) is 0 Å². The van der Waals surface area contributed by atoms with Gasteiger partial charge < -0.3 is 10.6 Å². The van der Waals surface area contributed by atoms with E-state index in [1.54, 1.807) is 30.7 Å². The normalized spacial score (nSPS) is 15.2. The van der Waals surface area contributed by atoms with Crippen LogP contribution in [0.1, 0.15) is 12.5 Å². The lowest BCUT2D eigenvalue weighted by atomic mass is 10.0. The predicted octanol–water partition coefficient (Wildman–Crippen LogP) is 3.50. The van der Waals surface area contributed by atoms with Gasteiger partial charge in [0.05, 0.1) is 23.1 Å². The summed E-state index contributed by atoms with van der Waals surface area (Å²) < 4.78 is 23.4. The van der Waals surface area contributed by atoms with Crippen LogP contribution in [-0.2, 0) is 21.1 Å². The molecule has 1 aliphatic rings. The molecule has 1 atom stereocenters. The van der Waals surface area contributed by atoms with Gasteiger partial charge in [0, 0.05) is 36.1 Å². The molecule has 0 aliphatic carbocycles. The Labute approximate surface area is 192 Å². The van der Waals surface area contributed by atoms with Crippen LogP contribution in [0.4, 0.5) is 11.6 Å². The molecule has 2 heterocycles. The van der Waals surface area contributed by atoms with Crippen molar-refractivity contribution in [2.24, 2.45) is 4.99 Å². The molecule has 0 fully saturated rings. The number of amides is 1. The number of carbonyl (C=O) groups excluding carboxylic acids is 1. The third kappa shape index (κ3) is 5.89. The molecule has 0 spiro atoms. The van der Waals surface area contributed by atoms with Crippen LogP contribution >= 0.6 is 0 Å². The summed E-state index contributed by atoms with van der Waals surface area (Å²) in [4.78, 5) is 25.5. The molecule has 9 heteroatoms. The van der Waals surface area contributed by atoms with Gasteiger partial charge in [0.2, 0.25) is 11.9 Å². The molecule has 8 nitrogen and oxygen atoms in total. The molecule has 2 N–H and O–H groups in total. The molecule has 0 radical (unpaired) electrons. The second kappa shape index (κ2) is 9.33. The first-order valence-electron chi connectivity index (χ1n) is 10.3. The van der Waals surface area contributed by atoms with Crippen LogP contribution in [-0.4, -0.2) is 42.8 Å². The number of anilines is 2. The summed E-state index contributed by atoms with van der Waals surface area (Å²) in [6.07, 6.45) is 8.53. The van der Waals surface area contributed by atoms with Crippen LogP contribution in [0, 0.1) is 0 Å². The van der Waals surface area contributed by atoms with E-state index in [-0.39, 0.29) is 23.3 Å². The number of benzene rings is 2. The molecule has 33 heavy (non-hydrogen) atoms. The van der Waals surface area contributed by atoms with Crippen molar-refractivity contribution in [1.29, 1.82) is 0 Å². The lowest BCUT2D eigenvalue weighted by molar-refractivity contribution is -0.115. The predicted molar refractivity (Wildman–Crippen MR) is 129 cm³/mol. The van der Waals surface area contributed by atoms with E-state index in [4.69, 9.17) is 0 Å². The number of carbonyl (C=O) groups is 1. The lowest BCUT2D eigenvalue weighted by Gasteiger charge is -2.08. The number of nitrogens with one attached hydrogen (secondary N) is 2. The second-order valence-corrected chi connectivity index (χ2v) is 9.80. The fraction of sp³-hybridized carbons (Fsp3) is 0.167. The Hall–Kier alpha value is -3.85. The SMILES string of the molecule is CC1C=C(Nc2ncc(-c3ccc(CC(=O)Nc4cccc(S(C)(=O)=O)c4)cc3)cn2)C=N1. The number of allylic oxidation sites excluding steroid dienone is 1. The van der Waals surface area contributed by atoms with E-state index >= 15 is 0 Å². The van der Waals surface area contributed by atoms with Crippen LogP contribution in [0.25, 0.3) is 11.1 Å². The number of rotatable bonds is 7. The van der Waals surface area contributed by atoms with Crippen LogP contribution < -0.4 is 10.6 Å². The van der Waals surface area contributed by atoms with Crippen molar-refractivity contribution >= 4 is 33.6 Å². The zero-order chi connectivity index (χ0) is 23.4. The zero-order valence-electron chi connectivity index (χ0n) is 18.2. The molecule has 1 amide bonds. The van der Waals surface area contributed by atoms with Crippen molar-refractivity contribution in [3.8, 4) is 11.1 Å². The number of hydrogen-bond acceptors (Lipinski definition) is 7. The van der Waals surface area contributed by atoms with Gasteiger partial charge in [-0.3, -0.25) is 9.79 Å². The van der Waals surface area contributed by atoms with E-state index < -0.39 is 9.84 Å². The fourth-order valence-corrected chi connectivity index (χ4v) is 3.97. The number of aliphatic imine (C=N–C) groups is 1. The Balaban J connectivity index is 1.37. The second-order valence-electron chi connectivity index (χ2n) is 7.78. The highest BCUT2D eigenvalue weighted by Crippen LogP contribution is 2.20. The maximum absolute atomic E-state index is 12.4. The quantitative estimate of drug-likeness (QED) is 0.557. The minimum absolute atomic E-state index is 0.157. The van der Waals surface area contributed by atoms with Crippen molar-refractivity contribution in [1.82, 2.24) is 9.97 Å². The molecule has 2 aromatic carbocycles. The first-order valence-corrected chi connectivity index (χ1v) is 12.2. The average molecular weight is 462 g/mol. The van der Waals surface area contributed by atoms with Crippen LogP contribution in [0.5, 0.6) is 0 Å². The van der Waals surface area contributed by atoms with Gasteiger partial charge in [0.1, 0.15) is 0 Å². The summed E-state index contributed by atoms with van der Waals surface area (Å²) >= 11 is 0. The number of sulfone groups is 1. The zero-order valence-corrected chi connectivity index (χ0v) is 19.0. The summed E-state index contributed by atoms with van der Waals surface area (Å²) in [5, 5.41) is 5.87. The third-order valence-electron chi connectivity index (χ3n) is 4.98. The standard InChI is InChI=1S/C24H23N5O3S/c1-16-10-21(15-25-16)29-24-26-13-19(14-27-24)18-8-6-17(7-9-18)11-23(30)28-20-4-3-5-22(12-20)33(2,31)32/h3-10,12-16H,11H2,1-2H3,(H,28,30)(H,26,27,29). The Morgan fingerprint density at radius 1 is 1.03 bits per heavy atom. The average Bonchev–Trinajstić information content (AvgIpc) is 3.19. The van der Waals surface area contributed by atoms with Crippen LogP contribution in [0.15, 0.2) is 82.6 Å². The topological polar surface area (TPSA) is 113 Å². The minimum Gasteiger partial charge on any atom is -0.326 e. The summed E-state index contributed by atoms with van der Waals surface area (Å²) in [6, 6.07) is 13.9. The summed E-state index contributed by atoms with van der Waals surface area (Å²) in [5.41, 5.74) is 3.94. The summed E-state index contributed by atoms with van der Waals surface area (Å²) in [5.74, 6) is 0.269. The maximum atomic E-state index is 12.4. The Kier molecular flexibility index (Phi) is 6.32. The number of nitrogens with zero attached hydrogens (tertiary/aromatic N) is 3. The van der Waals surface area contributed by atoms with Gasteiger partial charge in [0.15, 0.2) is 9.84 Å². The van der Waals surface area contributed by atoms with Crippen molar-refractivity contribution in [2.45, 2.75) is 24.3 Å². The Morgan fingerprint density at radius 3 is 2.39 bits per heavy atom. The summed E-state index contributed by atoms with van der Waals surface area (Å²) in [7, 11) is -3.34. The highest BCUT2D eigenvalue weighted by molar-refractivity contribution is 7.90. The monoisotopic (exact) mass is 461 g/mol. The van der Waals surface area contributed by atoms with E-state index in [0.29, 0.717) is 11.6 Å². The highest BCUT2D eigenvalue weighted by Gasteiger charge is 2.10. The summed E-state index contributed by atoms with van der Waals surface area (Å²) in [6.45, 7) is 2.00. The highest BCUT2D eigenvalue weighted by atomic mass is 32.2. The number of hydrogen-bond donors (Lipinski definition) is 2.